The molecule has 1 fully saturated rings. The number of furan rings is 1. The standard InChI is InChI=1S/C16H21N3O2S/c1-11-4-6-21-15(11)16(20)19(8-13-3-5-17-7-13)9-14-12(2)18-10-22-14/h4,6,10,13,17H,3,5,7-9H2,1-2H3/t13-/m0/s1. The van der Waals surface area contributed by atoms with Gasteiger partial charge in [0.1, 0.15) is 0 Å². The van der Waals surface area contributed by atoms with Crippen molar-refractivity contribution in [2.75, 3.05) is 19.6 Å². The van der Waals surface area contributed by atoms with Gasteiger partial charge in [-0.15, -0.1) is 11.3 Å². The number of carbonyl (C=O) groups is 1. The Kier molecular flexibility index (Phi) is 4.59. The predicted molar refractivity (Wildman–Crippen MR) is 86.0 cm³/mol. The van der Waals surface area contributed by atoms with Gasteiger partial charge in [-0.3, -0.25) is 4.79 Å². The number of hydrogen-bond donors (Lipinski definition) is 1. The largest absolute Gasteiger partial charge is 0.459 e. The minimum Gasteiger partial charge on any atom is -0.459 e. The second kappa shape index (κ2) is 6.62. The molecule has 6 heteroatoms. The fourth-order valence-electron chi connectivity index (χ4n) is 2.79. The van der Waals surface area contributed by atoms with Crippen molar-refractivity contribution in [3.05, 3.63) is 39.7 Å². The summed E-state index contributed by atoms with van der Waals surface area (Å²) in [7, 11) is 0. The lowest BCUT2D eigenvalue weighted by atomic mass is 10.1. The number of hydrogen-bond acceptors (Lipinski definition) is 5. The molecule has 1 N–H and O–H groups in total. The lowest BCUT2D eigenvalue weighted by molar-refractivity contribution is 0.0687. The van der Waals surface area contributed by atoms with E-state index in [0.717, 1.165) is 42.2 Å². The highest BCUT2D eigenvalue weighted by Crippen LogP contribution is 2.21. The molecule has 0 spiro atoms. The van der Waals surface area contributed by atoms with Crippen LogP contribution in [-0.4, -0.2) is 35.4 Å². The second-order valence-corrected chi connectivity index (χ2v) is 6.78. The van der Waals surface area contributed by atoms with Crippen LogP contribution in [0.25, 0.3) is 0 Å². The van der Waals surface area contributed by atoms with Gasteiger partial charge in [0.15, 0.2) is 5.76 Å². The summed E-state index contributed by atoms with van der Waals surface area (Å²) >= 11 is 1.60. The Morgan fingerprint density at radius 2 is 2.41 bits per heavy atom. The fraction of sp³-hybridized carbons (Fsp3) is 0.500. The highest BCUT2D eigenvalue weighted by molar-refractivity contribution is 7.09. The molecule has 3 heterocycles. The summed E-state index contributed by atoms with van der Waals surface area (Å²) in [4.78, 5) is 20.2. The molecule has 3 rings (SSSR count). The molecule has 2 aromatic heterocycles. The van der Waals surface area contributed by atoms with Gasteiger partial charge in [0.2, 0.25) is 0 Å². The highest BCUT2D eigenvalue weighted by Gasteiger charge is 2.26. The molecule has 0 aromatic carbocycles. The van der Waals surface area contributed by atoms with Gasteiger partial charge in [0.05, 0.1) is 24.0 Å². The van der Waals surface area contributed by atoms with Gasteiger partial charge in [-0.1, -0.05) is 0 Å². The maximum Gasteiger partial charge on any atom is 0.290 e. The molecular weight excluding hydrogens is 298 g/mol. The summed E-state index contributed by atoms with van der Waals surface area (Å²) in [6.45, 7) is 7.26. The van der Waals surface area contributed by atoms with Gasteiger partial charge in [-0.25, -0.2) is 4.98 Å². The highest BCUT2D eigenvalue weighted by atomic mass is 32.1. The van der Waals surface area contributed by atoms with E-state index in [1.165, 1.54) is 0 Å². The van der Waals surface area contributed by atoms with Gasteiger partial charge < -0.3 is 14.6 Å². The van der Waals surface area contributed by atoms with Gasteiger partial charge in [0, 0.05) is 17.0 Å². The predicted octanol–water partition coefficient (Wildman–Crippen LogP) is 2.60. The first-order chi connectivity index (χ1) is 10.6. The van der Waals surface area contributed by atoms with Crippen LogP contribution in [0.5, 0.6) is 0 Å². The maximum absolute atomic E-state index is 12.8. The zero-order valence-electron chi connectivity index (χ0n) is 13.0. The lowest BCUT2D eigenvalue weighted by Crippen LogP contribution is -2.35. The number of rotatable bonds is 5. The van der Waals surface area contributed by atoms with E-state index in [4.69, 9.17) is 4.42 Å². The monoisotopic (exact) mass is 319 g/mol. The van der Waals surface area contributed by atoms with Crippen molar-refractivity contribution in [3.8, 4) is 0 Å². The van der Waals surface area contributed by atoms with E-state index in [1.54, 1.807) is 17.6 Å². The number of nitrogens with one attached hydrogen (secondary N) is 1. The molecule has 5 nitrogen and oxygen atoms in total. The van der Waals surface area contributed by atoms with Crippen LogP contribution in [0, 0.1) is 19.8 Å². The summed E-state index contributed by atoms with van der Waals surface area (Å²) in [5.74, 6) is 0.933. The Hall–Kier alpha value is -1.66. The number of thiazole rings is 1. The molecule has 1 atom stereocenters. The van der Waals surface area contributed by atoms with Crippen molar-refractivity contribution in [1.82, 2.24) is 15.2 Å². The van der Waals surface area contributed by atoms with E-state index in [9.17, 15) is 4.79 Å². The van der Waals surface area contributed by atoms with Crippen LogP contribution in [0.1, 0.15) is 33.1 Å². The SMILES string of the molecule is Cc1ccoc1C(=O)N(Cc1scnc1C)C[C@H]1CCNC1. The molecule has 2 aromatic rings. The molecule has 118 valence electrons. The van der Waals surface area contributed by atoms with Crippen molar-refractivity contribution in [1.29, 1.82) is 0 Å². The van der Waals surface area contributed by atoms with E-state index >= 15 is 0 Å². The van der Waals surface area contributed by atoms with E-state index in [2.05, 4.69) is 10.3 Å². The molecule has 1 amide bonds. The molecular formula is C16H21N3O2S. The van der Waals surface area contributed by atoms with Gasteiger partial charge >= 0.3 is 0 Å². The molecule has 0 radical (unpaired) electrons. The molecule has 0 unspecified atom stereocenters. The molecule has 1 aliphatic rings. The van der Waals surface area contributed by atoms with Crippen molar-refractivity contribution in [3.63, 3.8) is 0 Å². The fourth-order valence-corrected chi connectivity index (χ4v) is 3.58. The van der Waals surface area contributed by atoms with E-state index in [0.29, 0.717) is 18.2 Å². The molecule has 0 aliphatic carbocycles. The van der Waals surface area contributed by atoms with Crippen molar-refractivity contribution >= 4 is 17.2 Å². The number of aromatic nitrogens is 1. The Morgan fingerprint density at radius 3 is 3.00 bits per heavy atom. The normalized spacial score (nSPS) is 17.8. The zero-order chi connectivity index (χ0) is 15.5. The van der Waals surface area contributed by atoms with Crippen LogP contribution in [0.15, 0.2) is 22.3 Å². The molecule has 1 aliphatic heterocycles. The Bertz CT molecular complexity index is 643. The Balaban J connectivity index is 1.80. The van der Waals surface area contributed by atoms with Gasteiger partial charge in [-0.2, -0.15) is 0 Å². The third kappa shape index (κ3) is 3.23. The van der Waals surface area contributed by atoms with Gasteiger partial charge in [0.25, 0.3) is 5.91 Å². The average Bonchev–Trinajstić information content (AvgIpc) is 3.22. The quantitative estimate of drug-likeness (QED) is 0.920. The first-order valence-electron chi connectivity index (χ1n) is 7.58. The van der Waals surface area contributed by atoms with Crippen LogP contribution in [0.3, 0.4) is 0 Å². The average molecular weight is 319 g/mol. The first-order valence-corrected chi connectivity index (χ1v) is 8.46. The van der Waals surface area contributed by atoms with Crippen LogP contribution >= 0.6 is 11.3 Å². The zero-order valence-corrected chi connectivity index (χ0v) is 13.8. The summed E-state index contributed by atoms with van der Waals surface area (Å²) < 4.78 is 5.40. The Morgan fingerprint density at radius 1 is 1.55 bits per heavy atom. The van der Waals surface area contributed by atoms with Gasteiger partial charge in [-0.05, 0) is 45.3 Å². The summed E-state index contributed by atoms with van der Waals surface area (Å²) in [6.07, 6.45) is 2.69. The van der Waals surface area contributed by atoms with Crippen LogP contribution in [0.2, 0.25) is 0 Å². The van der Waals surface area contributed by atoms with Crippen molar-refractivity contribution < 1.29 is 9.21 Å². The molecule has 0 bridgehead atoms. The van der Waals surface area contributed by atoms with Crippen LogP contribution < -0.4 is 5.32 Å². The lowest BCUT2D eigenvalue weighted by Gasteiger charge is -2.24. The minimum absolute atomic E-state index is 0.0257. The molecule has 22 heavy (non-hydrogen) atoms. The number of nitrogens with zero attached hydrogens (tertiary/aromatic N) is 2. The van der Waals surface area contributed by atoms with Crippen LogP contribution in [0.4, 0.5) is 0 Å². The van der Waals surface area contributed by atoms with Crippen molar-refractivity contribution in [2.24, 2.45) is 5.92 Å². The summed E-state index contributed by atoms with van der Waals surface area (Å²) in [5, 5.41) is 3.36. The Labute approximate surface area is 134 Å². The number of amides is 1. The summed E-state index contributed by atoms with van der Waals surface area (Å²) in [5.41, 5.74) is 3.73. The topological polar surface area (TPSA) is 58.4 Å². The smallest absolute Gasteiger partial charge is 0.290 e. The van der Waals surface area contributed by atoms with Crippen LogP contribution in [-0.2, 0) is 6.54 Å². The summed E-state index contributed by atoms with van der Waals surface area (Å²) in [6, 6.07) is 1.83. The molecule has 1 saturated heterocycles. The van der Waals surface area contributed by atoms with E-state index in [1.807, 2.05) is 30.3 Å². The minimum atomic E-state index is -0.0257. The third-order valence-electron chi connectivity index (χ3n) is 4.16. The maximum atomic E-state index is 12.8. The second-order valence-electron chi connectivity index (χ2n) is 5.84. The molecule has 0 saturated carbocycles. The number of aryl methyl sites for hydroxylation is 2. The van der Waals surface area contributed by atoms with E-state index in [-0.39, 0.29) is 5.91 Å². The van der Waals surface area contributed by atoms with E-state index < -0.39 is 0 Å². The third-order valence-corrected chi connectivity index (χ3v) is 5.08. The van der Waals surface area contributed by atoms with Crippen molar-refractivity contribution in [2.45, 2.75) is 26.8 Å². The first kappa shape index (κ1) is 15.2. The number of carbonyl (C=O) groups excluding carboxylic acids is 1.